The molecule has 0 radical (unpaired) electrons. The van der Waals surface area contributed by atoms with Gasteiger partial charge < -0.3 is 9.52 Å². The lowest BCUT2D eigenvalue weighted by atomic mass is 9.70. The van der Waals surface area contributed by atoms with Gasteiger partial charge in [-0.15, -0.1) is 0 Å². The SMILES string of the molecule is CC1(C)CC(=O)C2=C(C1)N(c1ccc(C(=O)O)cc1)C(=O)CC2c1ccco1. The van der Waals surface area contributed by atoms with Gasteiger partial charge in [-0.2, -0.15) is 0 Å². The van der Waals surface area contributed by atoms with Gasteiger partial charge in [0, 0.05) is 29.8 Å². The number of carboxylic acid groups (broad SMARTS) is 1. The summed E-state index contributed by atoms with van der Waals surface area (Å²) in [5, 5.41) is 9.12. The molecule has 1 N–H and O–H groups in total. The first kappa shape index (κ1) is 18.2. The summed E-state index contributed by atoms with van der Waals surface area (Å²) in [6, 6.07) is 9.73. The van der Waals surface area contributed by atoms with E-state index in [1.165, 1.54) is 12.1 Å². The van der Waals surface area contributed by atoms with E-state index < -0.39 is 5.97 Å². The minimum atomic E-state index is -1.02. The maximum atomic E-state index is 13.1. The van der Waals surface area contributed by atoms with Gasteiger partial charge in [0.05, 0.1) is 17.7 Å². The minimum Gasteiger partial charge on any atom is -0.478 e. The van der Waals surface area contributed by atoms with Gasteiger partial charge in [-0.1, -0.05) is 13.8 Å². The number of benzene rings is 1. The molecule has 1 amide bonds. The van der Waals surface area contributed by atoms with E-state index in [0.29, 0.717) is 35.6 Å². The summed E-state index contributed by atoms with van der Waals surface area (Å²) in [6.45, 7) is 4.03. The van der Waals surface area contributed by atoms with E-state index in [4.69, 9.17) is 9.52 Å². The van der Waals surface area contributed by atoms with Gasteiger partial charge in [-0.3, -0.25) is 14.5 Å². The minimum absolute atomic E-state index is 0.0345. The fraction of sp³-hybridized carbons (Fsp3) is 0.318. The second kappa shape index (κ2) is 6.48. The molecule has 28 heavy (non-hydrogen) atoms. The number of nitrogens with zero attached hydrogens (tertiary/aromatic N) is 1. The number of furan rings is 1. The van der Waals surface area contributed by atoms with Gasteiger partial charge in [0.15, 0.2) is 5.78 Å². The third-order valence-electron chi connectivity index (χ3n) is 5.40. The van der Waals surface area contributed by atoms with Crippen molar-refractivity contribution in [2.45, 2.75) is 39.0 Å². The lowest BCUT2D eigenvalue weighted by Gasteiger charge is -2.42. The zero-order chi connectivity index (χ0) is 20.1. The summed E-state index contributed by atoms with van der Waals surface area (Å²) in [5.41, 5.74) is 1.79. The molecule has 0 spiro atoms. The van der Waals surface area contributed by atoms with Gasteiger partial charge in [0.25, 0.3) is 0 Å². The summed E-state index contributed by atoms with van der Waals surface area (Å²) in [4.78, 5) is 38.9. The van der Waals surface area contributed by atoms with Crippen molar-refractivity contribution in [1.82, 2.24) is 0 Å². The average Bonchev–Trinajstić information content (AvgIpc) is 3.14. The molecule has 2 aromatic rings. The Morgan fingerprint density at radius 3 is 2.46 bits per heavy atom. The second-order valence-electron chi connectivity index (χ2n) is 8.15. The summed E-state index contributed by atoms with van der Waals surface area (Å²) < 4.78 is 5.53. The Bertz CT molecular complexity index is 982. The molecule has 6 heteroatoms. The number of anilines is 1. The summed E-state index contributed by atoms with van der Waals surface area (Å²) in [5.74, 6) is -0.880. The van der Waals surface area contributed by atoms with Crippen LogP contribution in [0, 0.1) is 5.41 Å². The van der Waals surface area contributed by atoms with Crippen molar-refractivity contribution in [3.8, 4) is 0 Å². The zero-order valence-electron chi connectivity index (χ0n) is 15.8. The fourth-order valence-electron chi connectivity index (χ4n) is 4.20. The van der Waals surface area contributed by atoms with Crippen molar-refractivity contribution in [3.05, 3.63) is 65.3 Å². The average molecular weight is 379 g/mol. The van der Waals surface area contributed by atoms with Crippen molar-refractivity contribution in [1.29, 1.82) is 0 Å². The van der Waals surface area contributed by atoms with E-state index >= 15 is 0 Å². The molecule has 2 heterocycles. The Morgan fingerprint density at radius 2 is 1.86 bits per heavy atom. The molecule has 0 saturated heterocycles. The molecule has 1 atom stereocenters. The van der Waals surface area contributed by atoms with Crippen LogP contribution in [0.25, 0.3) is 0 Å². The molecule has 0 bridgehead atoms. The Hall–Kier alpha value is -3.15. The highest BCUT2D eigenvalue weighted by atomic mass is 16.4. The van der Waals surface area contributed by atoms with Crippen LogP contribution < -0.4 is 4.90 Å². The molecule has 1 aromatic heterocycles. The topological polar surface area (TPSA) is 87.8 Å². The molecule has 1 aliphatic heterocycles. The van der Waals surface area contributed by atoms with Crippen LogP contribution >= 0.6 is 0 Å². The van der Waals surface area contributed by atoms with Crippen LogP contribution in [0.2, 0.25) is 0 Å². The predicted octanol–water partition coefficient (Wildman–Crippen LogP) is 4.14. The summed E-state index contributed by atoms with van der Waals surface area (Å²) in [6.07, 6.45) is 2.69. The number of carboxylic acids is 1. The van der Waals surface area contributed by atoms with Gasteiger partial charge >= 0.3 is 5.97 Å². The number of Topliss-reactive ketones (excluding diaryl/α,β-unsaturated/α-hetero) is 1. The molecule has 0 saturated carbocycles. The zero-order valence-corrected chi connectivity index (χ0v) is 15.8. The van der Waals surface area contributed by atoms with Gasteiger partial charge in [0.2, 0.25) is 5.91 Å². The number of aromatic carboxylic acids is 1. The highest BCUT2D eigenvalue weighted by Crippen LogP contribution is 2.48. The Kier molecular flexibility index (Phi) is 4.22. The number of amides is 1. The highest BCUT2D eigenvalue weighted by molar-refractivity contribution is 6.07. The molecule has 1 aliphatic carbocycles. The monoisotopic (exact) mass is 379 g/mol. The highest BCUT2D eigenvalue weighted by Gasteiger charge is 2.45. The Morgan fingerprint density at radius 1 is 1.14 bits per heavy atom. The van der Waals surface area contributed by atoms with Crippen molar-refractivity contribution in [2.75, 3.05) is 4.90 Å². The molecule has 1 aromatic carbocycles. The van der Waals surface area contributed by atoms with Crippen LogP contribution in [-0.2, 0) is 9.59 Å². The first-order valence-electron chi connectivity index (χ1n) is 9.23. The summed E-state index contributed by atoms with van der Waals surface area (Å²) >= 11 is 0. The maximum absolute atomic E-state index is 13.1. The van der Waals surface area contributed by atoms with E-state index in [1.54, 1.807) is 35.4 Å². The molecular weight excluding hydrogens is 358 g/mol. The quantitative estimate of drug-likeness (QED) is 0.866. The molecule has 1 unspecified atom stereocenters. The van der Waals surface area contributed by atoms with Crippen LogP contribution in [0.5, 0.6) is 0 Å². The van der Waals surface area contributed by atoms with Crippen LogP contribution in [-0.4, -0.2) is 22.8 Å². The van der Waals surface area contributed by atoms with Crippen LogP contribution in [0.4, 0.5) is 5.69 Å². The lowest BCUT2D eigenvalue weighted by molar-refractivity contribution is -0.121. The number of hydrogen-bond acceptors (Lipinski definition) is 4. The number of rotatable bonds is 3. The van der Waals surface area contributed by atoms with E-state index in [-0.39, 0.29) is 35.0 Å². The second-order valence-corrected chi connectivity index (χ2v) is 8.15. The van der Waals surface area contributed by atoms with Crippen molar-refractivity contribution in [2.24, 2.45) is 5.41 Å². The number of ketones is 1. The Labute approximate surface area is 162 Å². The van der Waals surface area contributed by atoms with E-state index in [9.17, 15) is 14.4 Å². The van der Waals surface area contributed by atoms with Crippen molar-refractivity contribution >= 4 is 23.3 Å². The number of allylic oxidation sites excluding steroid dienone is 2. The van der Waals surface area contributed by atoms with E-state index in [0.717, 1.165) is 0 Å². The summed E-state index contributed by atoms with van der Waals surface area (Å²) in [7, 11) is 0. The fourth-order valence-corrected chi connectivity index (χ4v) is 4.20. The number of hydrogen-bond donors (Lipinski definition) is 1. The first-order valence-corrected chi connectivity index (χ1v) is 9.23. The van der Waals surface area contributed by atoms with Gasteiger partial charge in [0.1, 0.15) is 5.76 Å². The normalized spacial score (nSPS) is 21.6. The first-order chi connectivity index (χ1) is 13.3. The molecule has 144 valence electrons. The van der Waals surface area contributed by atoms with Crippen molar-refractivity contribution < 1.29 is 23.9 Å². The van der Waals surface area contributed by atoms with E-state index in [2.05, 4.69) is 0 Å². The molecule has 2 aliphatic rings. The maximum Gasteiger partial charge on any atom is 0.335 e. The molecule has 6 nitrogen and oxygen atoms in total. The smallest absolute Gasteiger partial charge is 0.335 e. The molecule has 4 rings (SSSR count). The van der Waals surface area contributed by atoms with Crippen LogP contribution in [0.3, 0.4) is 0 Å². The third kappa shape index (κ3) is 3.05. The van der Waals surface area contributed by atoms with Gasteiger partial charge in [-0.25, -0.2) is 4.79 Å². The number of carbonyl (C=O) groups is 3. The third-order valence-corrected chi connectivity index (χ3v) is 5.40. The van der Waals surface area contributed by atoms with E-state index in [1.807, 2.05) is 13.8 Å². The predicted molar refractivity (Wildman–Crippen MR) is 102 cm³/mol. The molecular formula is C22H21NO5. The number of carbonyl (C=O) groups excluding carboxylic acids is 2. The van der Waals surface area contributed by atoms with Crippen LogP contribution in [0.1, 0.15) is 55.1 Å². The van der Waals surface area contributed by atoms with Crippen LogP contribution in [0.15, 0.2) is 58.3 Å². The Balaban J connectivity index is 1.85. The lowest BCUT2D eigenvalue weighted by Crippen LogP contribution is -2.43. The standard InChI is InChI=1S/C22H21NO5/c1-22(2)11-16-20(17(24)12-22)15(18-4-3-9-28-18)10-19(25)23(16)14-7-5-13(6-8-14)21(26)27/h3-9,15H,10-12H2,1-2H3,(H,26,27). The van der Waals surface area contributed by atoms with Crippen molar-refractivity contribution in [3.63, 3.8) is 0 Å². The largest absolute Gasteiger partial charge is 0.478 e. The molecule has 0 fully saturated rings. The van der Waals surface area contributed by atoms with Gasteiger partial charge in [-0.05, 0) is 48.2 Å².